The second-order valence-corrected chi connectivity index (χ2v) is 28.7. The van der Waals surface area contributed by atoms with Gasteiger partial charge in [0.2, 0.25) is 0 Å². The van der Waals surface area contributed by atoms with Crippen molar-refractivity contribution in [2.45, 2.75) is 228 Å². The molecule has 0 radical (unpaired) electrons. The van der Waals surface area contributed by atoms with E-state index in [0.29, 0.717) is 74.3 Å². The van der Waals surface area contributed by atoms with Crippen LogP contribution >= 0.6 is 0 Å². The first kappa shape index (κ1) is 80.1. The van der Waals surface area contributed by atoms with Crippen LogP contribution in [0.2, 0.25) is 0 Å². The molecular weight excluding hydrogens is 1430 g/mol. The van der Waals surface area contributed by atoms with E-state index >= 15 is 0 Å². The highest BCUT2D eigenvalue weighted by atomic mass is 19.4. The number of rotatable bonds is 18. The number of nitrogens with one attached hydrogen (secondary N) is 3. The lowest BCUT2D eigenvalue weighted by Gasteiger charge is -2.31. The number of benzene rings is 6. The van der Waals surface area contributed by atoms with Gasteiger partial charge >= 0.3 is 55.0 Å². The third-order valence-corrected chi connectivity index (χ3v) is 21.4. The third kappa shape index (κ3) is 21.0. The van der Waals surface area contributed by atoms with Crippen molar-refractivity contribution in [1.29, 1.82) is 0 Å². The van der Waals surface area contributed by atoms with Crippen LogP contribution in [0.1, 0.15) is 168 Å². The number of hydrogen-bond donors (Lipinski definition) is 6. The molecule has 12 nitrogen and oxygen atoms in total. The average Bonchev–Trinajstić information content (AvgIpc) is 1.28. The molecule has 6 aliphatic carbocycles. The summed E-state index contributed by atoms with van der Waals surface area (Å²) in [5.74, 6) is -8.97. The van der Waals surface area contributed by atoms with Gasteiger partial charge < -0.3 is 45.5 Å². The molecule has 6 atom stereocenters. The van der Waals surface area contributed by atoms with Gasteiger partial charge in [0.15, 0.2) is 0 Å². The maximum absolute atomic E-state index is 14.0. The molecule has 0 bridgehead atoms. The number of fused-ring (bicyclic) bond motifs is 3. The lowest BCUT2D eigenvalue weighted by molar-refractivity contribution is -0.186. The van der Waals surface area contributed by atoms with Crippen molar-refractivity contribution >= 4 is 50.2 Å². The van der Waals surface area contributed by atoms with Crippen LogP contribution in [0.4, 0.5) is 79.0 Å². The number of carboxylic acid groups (broad SMARTS) is 3. The molecule has 0 heterocycles. The highest BCUT2D eigenvalue weighted by Gasteiger charge is 2.47. The second kappa shape index (κ2) is 32.9. The number of hydrogen-bond acceptors (Lipinski definition) is 9. The van der Waals surface area contributed by atoms with Crippen molar-refractivity contribution in [3.05, 3.63) is 124 Å². The minimum absolute atomic E-state index is 0.0328. The zero-order valence-corrected chi connectivity index (χ0v) is 56.7. The fourth-order valence-electron chi connectivity index (χ4n) is 15.6. The summed E-state index contributed by atoms with van der Waals surface area (Å²) in [4.78, 5) is 33.3. The summed E-state index contributed by atoms with van der Waals surface area (Å²) in [5.41, 5.74) is -0.469. The molecule has 6 N–H and O–H groups in total. The molecule has 0 amide bonds. The van der Waals surface area contributed by atoms with Crippen molar-refractivity contribution in [1.82, 2.24) is 16.0 Å². The van der Waals surface area contributed by atoms with E-state index in [-0.39, 0.29) is 146 Å². The van der Waals surface area contributed by atoms with Crippen LogP contribution in [0, 0.1) is 35.5 Å². The Labute approximate surface area is 592 Å². The summed E-state index contributed by atoms with van der Waals surface area (Å²) in [6.45, 7) is 1.19. The molecule has 2 unspecified atom stereocenters. The lowest BCUT2D eigenvalue weighted by Crippen LogP contribution is -2.32. The van der Waals surface area contributed by atoms with Crippen molar-refractivity contribution in [3.8, 4) is 17.2 Å². The molecule has 6 aliphatic rings. The van der Waals surface area contributed by atoms with E-state index in [2.05, 4.69) is 16.0 Å². The Morgan fingerprint density at radius 1 is 0.324 bits per heavy atom. The molecule has 576 valence electrons. The number of aliphatic carboxylic acids is 3. The summed E-state index contributed by atoms with van der Waals surface area (Å²) in [6.07, 6.45) is -24.2. The van der Waals surface area contributed by atoms with Gasteiger partial charge in [-0.15, -0.1) is 0 Å². The number of ether oxygens (including phenoxy) is 3. The predicted octanol–water partition coefficient (Wildman–Crippen LogP) is 20.1. The number of carbonyl (C=O) groups is 3. The lowest BCUT2D eigenvalue weighted by atomic mass is 9.87. The molecule has 6 fully saturated rings. The van der Waals surface area contributed by atoms with E-state index in [9.17, 15) is 93.4 Å². The minimum Gasteiger partial charge on any atom is -0.490 e. The fourth-order valence-corrected chi connectivity index (χ4v) is 15.6. The van der Waals surface area contributed by atoms with Crippen molar-refractivity contribution in [2.75, 3.05) is 0 Å². The van der Waals surface area contributed by atoms with E-state index in [4.69, 9.17) is 29.5 Å². The summed E-state index contributed by atoms with van der Waals surface area (Å²) >= 11 is 0. The van der Waals surface area contributed by atoms with Gasteiger partial charge in [0.1, 0.15) is 33.9 Å². The maximum atomic E-state index is 14.0. The Morgan fingerprint density at radius 3 is 0.762 bits per heavy atom. The van der Waals surface area contributed by atoms with Crippen LogP contribution in [0.15, 0.2) is 91.0 Å². The summed E-state index contributed by atoms with van der Waals surface area (Å²) in [7, 11) is 0. The minimum atomic E-state index is -4.70. The van der Waals surface area contributed by atoms with Gasteiger partial charge in [-0.05, 0) is 220 Å². The van der Waals surface area contributed by atoms with E-state index in [1.54, 1.807) is 36.4 Å². The Bertz CT molecular complexity index is 3580. The van der Waals surface area contributed by atoms with Crippen LogP contribution in [0.5, 0.6) is 17.2 Å². The first-order valence-electron chi connectivity index (χ1n) is 35.2. The first-order chi connectivity index (χ1) is 49.2. The van der Waals surface area contributed by atoms with E-state index in [1.165, 1.54) is 54.6 Å². The molecule has 6 saturated carbocycles. The standard InChI is InChI=1S/3C25H27F6NO3/c3*26-24(27,28)17-4-7-19(8-5-17)35-21-10-3-15-11-14(1-9-20(15)22(21)25(29,30)31)13-32-18-6-2-16(12-18)23(33)34/h3*1,3,9-11,16-19,32H,2,4-8,12-13H2,(H,33,34)/t2*16-,17?,18+,19?;/m10./s1. The first-order valence-corrected chi connectivity index (χ1v) is 35.2. The Morgan fingerprint density at radius 2 is 0.562 bits per heavy atom. The third-order valence-electron chi connectivity index (χ3n) is 21.4. The Kier molecular flexibility index (Phi) is 25.1. The van der Waals surface area contributed by atoms with Gasteiger partial charge in [0.05, 0.1) is 53.8 Å². The quantitative estimate of drug-likeness (QED) is 0.0450. The predicted molar refractivity (Wildman–Crippen MR) is 351 cm³/mol. The van der Waals surface area contributed by atoms with E-state index in [1.807, 2.05) is 0 Å². The number of alkyl halides is 18. The van der Waals surface area contributed by atoms with E-state index < -0.39 is 108 Å². The summed E-state index contributed by atoms with van der Waals surface area (Å²) in [6, 6.07) is 22.3. The Balaban J connectivity index is 0.000000169. The smallest absolute Gasteiger partial charge is 0.420 e. The fraction of sp³-hybridized carbons (Fsp3) is 0.560. The topological polar surface area (TPSA) is 176 Å². The van der Waals surface area contributed by atoms with E-state index in [0.717, 1.165) is 36.0 Å². The van der Waals surface area contributed by atoms with Gasteiger partial charge in [-0.3, -0.25) is 14.4 Å². The molecular formula is C75H81F18N3O9. The second-order valence-electron chi connectivity index (χ2n) is 28.7. The molecule has 105 heavy (non-hydrogen) atoms. The van der Waals surface area contributed by atoms with Crippen LogP contribution in [0.3, 0.4) is 0 Å². The molecule has 0 saturated heterocycles. The van der Waals surface area contributed by atoms with Crippen molar-refractivity contribution < 1.29 is 123 Å². The molecule has 0 spiro atoms. The molecule has 0 aliphatic heterocycles. The molecule has 12 rings (SSSR count). The average molecular weight is 1510 g/mol. The SMILES string of the molecule is O=C(O)C1CCC(NCc2ccc3c(C(F)(F)F)c(OC4CCC(C(F)(F)F)CC4)ccc3c2)C1.O=C(O)[C@@H]1CC[C@H](NCc2ccc3c(C(F)(F)F)c(OC4CCC(C(F)(F)F)CC4)ccc3c2)C1.O=C(O)[C@H]1CC[C@@H](NCc2ccc3c(C(F)(F)F)c(OC4CCC(C(F)(F)F)CC4)ccc3c2)C1. The van der Waals surface area contributed by atoms with Gasteiger partial charge in [-0.1, -0.05) is 54.6 Å². The number of halogens is 18. The normalized spacial score (nSPS) is 25.7. The highest BCUT2D eigenvalue weighted by Crippen LogP contribution is 2.49. The van der Waals surface area contributed by atoms with Gasteiger partial charge in [-0.25, -0.2) is 0 Å². The van der Waals surface area contributed by atoms with Gasteiger partial charge in [0, 0.05) is 37.8 Å². The summed E-state index contributed by atoms with van der Waals surface area (Å²) in [5, 5.41) is 38.2. The molecule has 0 aromatic heterocycles. The zero-order valence-electron chi connectivity index (χ0n) is 56.7. The molecule has 30 heteroatoms. The zero-order chi connectivity index (χ0) is 76.1. The maximum Gasteiger partial charge on any atom is 0.420 e. The molecule has 6 aromatic carbocycles. The summed E-state index contributed by atoms with van der Waals surface area (Å²) < 4.78 is 259. The van der Waals surface area contributed by atoms with Crippen molar-refractivity contribution in [3.63, 3.8) is 0 Å². The van der Waals surface area contributed by atoms with Gasteiger partial charge in [-0.2, -0.15) is 79.0 Å². The monoisotopic (exact) mass is 1510 g/mol. The van der Waals surface area contributed by atoms with Crippen LogP contribution in [0.25, 0.3) is 32.3 Å². The Hall–Kier alpha value is -7.47. The van der Waals surface area contributed by atoms with Crippen LogP contribution < -0.4 is 30.2 Å². The largest absolute Gasteiger partial charge is 0.490 e. The van der Waals surface area contributed by atoms with Crippen LogP contribution in [-0.2, 0) is 52.5 Å². The highest BCUT2D eigenvalue weighted by molar-refractivity contribution is 5.91. The van der Waals surface area contributed by atoms with Crippen molar-refractivity contribution in [2.24, 2.45) is 35.5 Å². The van der Waals surface area contributed by atoms with Crippen LogP contribution in [-0.4, -0.2) is 88.2 Å². The molecule has 6 aromatic rings. The number of carboxylic acids is 3. The van der Waals surface area contributed by atoms with Gasteiger partial charge in [0.25, 0.3) is 0 Å².